The van der Waals surface area contributed by atoms with Crippen molar-refractivity contribution in [2.75, 3.05) is 11.1 Å². The molecule has 2 rings (SSSR count). The van der Waals surface area contributed by atoms with Crippen LogP contribution in [0.2, 0.25) is 0 Å². The molecule has 5 N–H and O–H groups in total. The van der Waals surface area contributed by atoms with Crippen molar-refractivity contribution >= 4 is 23.1 Å². The van der Waals surface area contributed by atoms with Crippen LogP contribution in [0.15, 0.2) is 24.7 Å². The van der Waals surface area contributed by atoms with E-state index in [9.17, 15) is 4.79 Å². The van der Waals surface area contributed by atoms with Gasteiger partial charge >= 0.3 is 0 Å². The molecule has 0 aliphatic heterocycles. The zero-order valence-electron chi connectivity index (χ0n) is 9.21. The normalized spacial score (nSPS) is 10.2. The van der Waals surface area contributed by atoms with Crippen LogP contribution in [0.5, 0.6) is 0 Å². The summed E-state index contributed by atoms with van der Waals surface area (Å²) in [7, 11) is 1.79. The SMILES string of the molecule is Cn1cc(Nc2ncc(N)cc2C(N)=O)cn1. The molecule has 0 atom stereocenters. The predicted octanol–water partition coefficient (Wildman–Crippen LogP) is 0.240. The Kier molecular flexibility index (Phi) is 2.65. The number of primary amides is 1. The summed E-state index contributed by atoms with van der Waals surface area (Å²) in [6.45, 7) is 0. The fourth-order valence-corrected chi connectivity index (χ4v) is 1.39. The van der Waals surface area contributed by atoms with Crippen LogP contribution < -0.4 is 16.8 Å². The number of nitrogens with two attached hydrogens (primary N) is 2. The third kappa shape index (κ3) is 2.33. The molecule has 2 heterocycles. The summed E-state index contributed by atoms with van der Waals surface area (Å²) in [5.41, 5.74) is 12.1. The van der Waals surface area contributed by atoms with E-state index in [1.54, 1.807) is 24.1 Å². The molecule has 0 unspecified atom stereocenters. The molecule has 2 aromatic heterocycles. The van der Waals surface area contributed by atoms with E-state index in [1.807, 2.05) is 0 Å². The number of rotatable bonds is 3. The summed E-state index contributed by atoms with van der Waals surface area (Å²) in [4.78, 5) is 15.3. The van der Waals surface area contributed by atoms with E-state index < -0.39 is 5.91 Å². The molecule has 1 amide bonds. The van der Waals surface area contributed by atoms with Gasteiger partial charge in [-0.15, -0.1) is 0 Å². The smallest absolute Gasteiger partial charge is 0.252 e. The predicted molar refractivity (Wildman–Crippen MR) is 63.7 cm³/mol. The fraction of sp³-hybridized carbons (Fsp3) is 0.100. The lowest BCUT2D eigenvalue weighted by Crippen LogP contribution is -2.14. The van der Waals surface area contributed by atoms with Gasteiger partial charge in [0.1, 0.15) is 5.82 Å². The van der Waals surface area contributed by atoms with Crippen LogP contribution in [0.3, 0.4) is 0 Å². The number of carbonyl (C=O) groups is 1. The second kappa shape index (κ2) is 4.12. The number of anilines is 3. The minimum atomic E-state index is -0.587. The number of carbonyl (C=O) groups excluding carboxylic acids is 1. The van der Waals surface area contributed by atoms with Gasteiger partial charge in [0.2, 0.25) is 0 Å². The zero-order valence-corrected chi connectivity index (χ0v) is 9.21. The standard InChI is InChI=1S/C10H12N6O/c1-16-5-7(4-14-16)15-10-8(9(12)17)2-6(11)3-13-10/h2-5H,11H2,1H3,(H2,12,17)(H,13,15). The van der Waals surface area contributed by atoms with E-state index in [0.29, 0.717) is 17.2 Å². The minimum absolute atomic E-state index is 0.244. The van der Waals surface area contributed by atoms with Crippen molar-refractivity contribution in [2.24, 2.45) is 12.8 Å². The number of nitrogens with zero attached hydrogens (tertiary/aromatic N) is 3. The summed E-state index contributed by atoms with van der Waals surface area (Å²) in [5.74, 6) is -0.226. The van der Waals surface area contributed by atoms with Gasteiger partial charge in [0.25, 0.3) is 5.91 Å². The maximum absolute atomic E-state index is 11.2. The molecule has 7 heteroatoms. The second-order valence-corrected chi connectivity index (χ2v) is 3.56. The summed E-state index contributed by atoms with van der Waals surface area (Å²) in [5, 5.41) is 6.94. The number of hydrogen-bond donors (Lipinski definition) is 3. The number of pyridine rings is 1. The molecule has 0 bridgehead atoms. The minimum Gasteiger partial charge on any atom is -0.397 e. The van der Waals surface area contributed by atoms with Crippen LogP contribution in [-0.2, 0) is 7.05 Å². The third-order valence-corrected chi connectivity index (χ3v) is 2.14. The molecule has 17 heavy (non-hydrogen) atoms. The van der Waals surface area contributed by atoms with Gasteiger partial charge in [-0.2, -0.15) is 5.10 Å². The molecule has 0 saturated heterocycles. The average molecular weight is 232 g/mol. The van der Waals surface area contributed by atoms with Gasteiger partial charge in [-0.25, -0.2) is 4.98 Å². The monoisotopic (exact) mass is 232 g/mol. The first-order valence-electron chi connectivity index (χ1n) is 4.87. The number of amides is 1. The maximum atomic E-state index is 11.2. The molecule has 2 aromatic rings. The Morgan fingerprint density at radius 2 is 2.24 bits per heavy atom. The van der Waals surface area contributed by atoms with E-state index >= 15 is 0 Å². The Labute approximate surface area is 97.4 Å². The van der Waals surface area contributed by atoms with E-state index in [1.165, 1.54) is 12.3 Å². The first-order valence-corrected chi connectivity index (χ1v) is 4.87. The highest BCUT2D eigenvalue weighted by atomic mass is 16.1. The van der Waals surface area contributed by atoms with Crippen LogP contribution in [0.25, 0.3) is 0 Å². The number of nitrogen functional groups attached to an aromatic ring is 1. The van der Waals surface area contributed by atoms with E-state index in [-0.39, 0.29) is 5.56 Å². The van der Waals surface area contributed by atoms with Crippen LogP contribution in [0.4, 0.5) is 17.2 Å². The quantitative estimate of drug-likeness (QED) is 0.701. The van der Waals surface area contributed by atoms with E-state index in [4.69, 9.17) is 11.5 Å². The Balaban J connectivity index is 2.35. The second-order valence-electron chi connectivity index (χ2n) is 3.56. The highest BCUT2D eigenvalue weighted by Gasteiger charge is 2.10. The molecule has 0 aromatic carbocycles. The van der Waals surface area contributed by atoms with Gasteiger partial charge in [-0.1, -0.05) is 0 Å². The lowest BCUT2D eigenvalue weighted by molar-refractivity contribution is 0.100. The largest absolute Gasteiger partial charge is 0.397 e. The van der Waals surface area contributed by atoms with E-state index in [2.05, 4.69) is 15.4 Å². The number of aromatic nitrogens is 3. The van der Waals surface area contributed by atoms with Crippen molar-refractivity contribution in [1.29, 1.82) is 0 Å². The topological polar surface area (TPSA) is 112 Å². The first-order chi connectivity index (χ1) is 8.06. The van der Waals surface area contributed by atoms with Gasteiger partial charge in [-0.05, 0) is 6.07 Å². The summed E-state index contributed by atoms with van der Waals surface area (Å²) in [6, 6.07) is 1.48. The molecule has 0 aliphatic rings. The van der Waals surface area contributed by atoms with Crippen molar-refractivity contribution in [3.05, 3.63) is 30.2 Å². The van der Waals surface area contributed by atoms with Crippen molar-refractivity contribution < 1.29 is 4.79 Å². The summed E-state index contributed by atoms with van der Waals surface area (Å²) >= 11 is 0. The Bertz CT molecular complexity index is 562. The number of hydrogen-bond acceptors (Lipinski definition) is 5. The van der Waals surface area contributed by atoms with Crippen molar-refractivity contribution in [1.82, 2.24) is 14.8 Å². The molecule has 0 saturated carbocycles. The average Bonchev–Trinajstić information content (AvgIpc) is 2.66. The lowest BCUT2D eigenvalue weighted by atomic mass is 10.2. The van der Waals surface area contributed by atoms with Crippen LogP contribution in [-0.4, -0.2) is 20.7 Å². The van der Waals surface area contributed by atoms with Gasteiger partial charge in [0, 0.05) is 13.2 Å². The molecule has 0 aliphatic carbocycles. The number of aryl methyl sites for hydroxylation is 1. The van der Waals surface area contributed by atoms with E-state index in [0.717, 1.165) is 0 Å². The third-order valence-electron chi connectivity index (χ3n) is 2.14. The van der Waals surface area contributed by atoms with Gasteiger partial charge in [0.15, 0.2) is 0 Å². The zero-order chi connectivity index (χ0) is 12.4. The molecule has 0 fully saturated rings. The van der Waals surface area contributed by atoms with Gasteiger partial charge < -0.3 is 16.8 Å². The molecule has 88 valence electrons. The van der Waals surface area contributed by atoms with Crippen LogP contribution in [0.1, 0.15) is 10.4 Å². The van der Waals surface area contributed by atoms with Crippen molar-refractivity contribution in [2.45, 2.75) is 0 Å². The highest BCUT2D eigenvalue weighted by molar-refractivity contribution is 5.98. The Morgan fingerprint density at radius 3 is 2.82 bits per heavy atom. The Hall–Kier alpha value is -2.57. The highest BCUT2D eigenvalue weighted by Crippen LogP contribution is 2.19. The van der Waals surface area contributed by atoms with Crippen LogP contribution in [0, 0.1) is 0 Å². The summed E-state index contributed by atoms with van der Waals surface area (Å²) < 4.78 is 1.63. The molecular formula is C10H12N6O. The lowest BCUT2D eigenvalue weighted by Gasteiger charge is -2.07. The molecule has 7 nitrogen and oxygen atoms in total. The van der Waals surface area contributed by atoms with Gasteiger partial charge in [-0.3, -0.25) is 9.48 Å². The fourth-order valence-electron chi connectivity index (χ4n) is 1.39. The Morgan fingerprint density at radius 1 is 1.47 bits per heavy atom. The van der Waals surface area contributed by atoms with Gasteiger partial charge in [0.05, 0.1) is 29.3 Å². The first kappa shape index (κ1) is 10.9. The molecule has 0 spiro atoms. The number of nitrogens with one attached hydrogen (secondary N) is 1. The van der Waals surface area contributed by atoms with Crippen molar-refractivity contribution in [3.8, 4) is 0 Å². The molecule has 0 radical (unpaired) electrons. The molecular weight excluding hydrogens is 220 g/mol. The van der Waals surface area contributed by atoms with Crippen molar-refractivity contribution in [3.63, 3.8) is 0 Å². The van der Waals surface area contributed by atoms with Crippen LogP contribution >= 0.6 is 0 Å². The maximum Gasteiger partial charge on any atom is 0.252 e. The summed E-state index contributed by atoms with van der Waals surface area (Å²) in [6.07, 6.45) is 4.82.